The van der Waals surface area contributed by atoms with E-state index in [1.54, 1.807) is 111 Å². The fraction of sp³-hybridized carbons (Fsp3) is 0.354. The lowest BCUT2D eigenvalue weighted by Gasteiger charge is -2.26. The van der Waals surface area contributed by atoms with E-state index in [0.29, 0.717) is 88.1 Å². The van der Waals surface area contributed by atoms with Crippen molar-refractivity contribution in [3.05, 3.63) is 252 Å². The van der Waals surface area contributed by atoms with Crippen LogP contribution in [0.3, 0.4) is 0 Å². The molecule has 8 aromatic carbocycles. The molecule has 14 rings (SSSR count). The molecule has 0 radical (unpaired) electrons. The lowest BCUT2D eigenvalue weighted by molar-refractivity contribution is 0.0322. The summed E-state index contributed by atoms with van der Waals surface area (Å²) in [5.41, 5.74) is 8.17. The summed E-state index contributed by atoms with van der Waals surface area (Å²) in [6.45, 7) is 27.6. The molecule has 44 heteroatoms. The second-order valence-electron chi connectivity index (χ2n) is 36.8. The van der Waals surface area contributed by atoms with Crippen molar-refractivity contribution in [2.45, 2.75) is 105 Å². The number of carbonyl (C=O) groups is 6. The summed E-state index contributed by atoms with van der Waals surface area (Å²) in [5, 5.41) is 35.3. The van der Waals surface area contributed by atoms with Crippen LogP contribution in [0.1, 0.15) is 102 Å². The Morgan fingerprint density at radius 3 is 1.02 bits per heavy atom. The van der Waals surface area contributed by atoms with Crippen LogP contribution in [0.5, 0.6) is 17.2 Å². The molecule has 0 spiro atoms. The minimum Gasteiger partial charge on any atom is -0.493 e. The Morgan fingerprint density at radius 2 is 0.685 bits per heavy atom. The largest absolute Gasteiger partial charge is 0.493 e. The summed E-state index contributed by atoms with van der Waals surface area (Å²) < 4.78 is 128. The number of ether oxygens (including phenoxy) is 8. The maximum Gasteiger partial charge on any atom is 0.422 e. The van der Waals surface area contributed by atoms with Crippen LogP contribution in [-0.4, -0.2) is 246 Å². The zero-order valence-electron chi connectivity index (χ0n) is 82.5. The number of urea groups is 3. The number of amides is 9. The standard InChI is InChI=1S/C35H39N7O6S.C34H43N7O7S.C30H41N7O7S/c1-35(2,3)31-22-32(42(39-31)26-12-10-25(11-13-26)23-48-34(44)40-49(45,46)41(4)5)38-33(43)37-29-14-15-30(28-9-7-6-8-27(28)29)47-21-18-24-16-19-36-20-17-24;1-34(2,3)30-22-31(41(37-30)25-12-10-24(11-13-25)23-48-33(43)38-49(44,45)39(4)5)36-32(42)35-28-14-15-29(27-9-7-6-8-26(27)28)47-21-18-40-16-19-46-20-17-40;1-30(2,3)26-20-27(32-28(38)31-23-8-12-25(13-9-23)43-19-16-36-14-17-42-18-15-36)37(33-26)24-10-6-22(7-11-24)21-44-29(39)34-45(40,41)35(4)5/h6-17,19-20,22H,18,21,23H2,1-5H3,(H,40,44)(H2,37,38,43);6-15,22H,16-21,23H2,1-5H3,(H,38,43)(H2,35,36,42);6-13,20H,14-19,21H2,1-5H3,(H,34,39)(H2,31,32,38). The summed E-state index contributed by atoms with van der Waals surface area (Å²) in [6.07, 6.45) is 0.994. The number of nitrogens with zero attached hydrogens (tertiary/aromatic N) is 12. The summed E-state index contributed by atoms with van der Waals surface area (Å²) in [6, 6.07) is 59.0. The molecular formula is C99H123N21O20S3. The van der Waals surface area contributed by atoms with Crippen molar-refractivity contribution in [1.29, 1.82) is 0 Å². The van der Waals surface area contributed by atoms with Gasteiger partial charge in [0.15, 0.2) is 0 Å². The lowest BCUT2D eigenvalue weighted by atomic mass is 9.92. The van der Waals surface area contributed by atoms with Crippen LogP contribution in [0, 0.1) is 0 Å². The number of hydrogen-bond donors (Lipinski definition) is 9. The van der Waals surface area contributed by atoms with Crippen molar-refractivity contribution < 1.29 is 91.9 Å². The number of pyridine rings is 1. The van der Waals surface area contributed by atoms with Crippen LogP contribution in [0.4, 0.5) is 63.3 Å². The van der Waals surface area contributed by atoms with E-state index in [1.807, 2.05) is 192 Å². The Balaban J connectivity index is 0.000000192. The topological polar surface area (TPSA) is 469 Å². The molecular weight excluding hydrogens is 1900 g/mol. The molecule has 0 saturated carbocycles. The molecule has 0 bridgehead atoms. The second kappa shape index (κ2) is 48.4. The van der Waals surface area contributed by atoms with Crippen LogP contribution >= 0.6 is 0 Å². The fourth-order valence-electron chi connectivity index (χ4n) is 13.9. The maximum atomic E-state index is 13.4. The molecule has 0 atom stereocenters. The highest BCUT2D eigenvalue weighted by atomic mass is 32.2. The van der Waals surface area contributed by atoms with Gasteiger partial charge in [0.2, 0.25) is 0 Å². The molecule has 6 heterocycles. The lowest BCUT2D eigenvalue weighted by Crippen LogP contribution is -2.39. The molecule has 762 valence electrons. The molecule has 2 aliphatic heterocycles. The Labute approximate surface area is 832 Å². The first-order valence-electron chi connectivity index (χ1n) is 45.9. The predicted octanol–water partition coefficient (Wildman–Crippen LogP) is 14.3. The van der Waals surface area contributed by atoms with Crippen molar-refractivity contribution >= 4 is 123 Å². The molecule has 2 fully saturated rings. The zero-order valence-corrected chi connectivity index (χ0v) is 84.9. The van der Waals surface area contributed by atoms with E-state index in [0.717, 1.165) is 146 Å². The van der Waals surface area contributed by atoms with Gasteiger partial charge in [0, 0.05) is 162 Å². The van der Waals surface area contributed by atoms with Gasteiger partial charge in [-0.1, -0.05) is 147 Å². The number of aromatic nitrogens is 7. The number of rotatable bonds is 33. The van der Waals surface area contributed by atoms with Gasteiger partial charge < -0.3 is 53.8 Å². The Bertz CT molecular complexity index is 6740. The van der Waals surface area contributed by atoms with Crippen molar-refractivity contribution in [2.75, 3.05) is 160 Å². The van der Waals surface area contributed by atoms with Gasteiger partial charge >= 0.3 is 67.0 Å². The van der Waals surface area contributed by atoms with E-state index >= 15 is 0 Å². The molecule has 2 aliphatic rings. The van der Waals surface area contributed by atoms with Crippen LogP contribution in [0.25, 0.3) is 38.6 Å². The van der Waals surface area contributed by atoms with Gasteiger partial charge in [-0.2, -0.15) is 53.5 Å². The van der Waals surface area contributed by atoms with E-state index in [2.05, 4.69) is 46.7 Å². The normalized spacial score (nSPS) is 13.3. The summed E-state index contributed by atoms with van der Waals surface area (Å²) in [7, 11) is -4.10. The van der Waals surface area contributed by atoms with Crippen molar-refractivity contribution in [2.24, 2.45) is 0 Å². The molecule has 0 unspecified atom stereocenters. The predicted molar refractivity (Wildman–Crippen MR) is 546 cm³/mol. The van der Waals surface area contributed by atoms with Gasteiger partial charge in [-0.25, -0.2) is 57.0 Å². The third-order valence-corrected chi connectivity index (χ3v) is 26.4. The number of fused-ring (bicyclic) bond motifs is 2. The third-order valence-electron chi connectivity index (χ3n) is 22.2. The molecule has 2 saturated heterocycles. The third kappa shape index (κ3) is 31.3. The number of anilines is 6. The van der Waals surface area contributed by atoms with Crippen molar-refractivity contribution in [3.63, 3.8) is 0 Å². The second-order valence-corrected chi connectivity index (χ2v) is 42.4. The monoisotopic (exact) mass is 2020 g/mol. The minimum atomic E-state index is -3.96. The number of carbonyl (C=O) groups excluding carboxylic acids is 6. The molecule has 143 heavy (non-hydrogen) atoms. The average Bonchev–Trinajstić information content (AvgIpc) is 1.78. The molecule has 12 aromatic rings. The van der Waals surface area contributed by atoms with Gasteiger partial charge in [0.05, 0.1) is 78.6 Å². The number of nitrogens with one attached hydrogen (secondary N) is 9. The summed E-state index contributed by atoms with van der Waals surface area (Å²) in [4.78, 5) is 84.4. The maximum absolute atomic E-state index is 13.4. The first-order chi connectivity index (χ1) is 67.9. The number of morpholine rings is 2. The van der Waals surface area contributed by atoms with Gasteiger partial charge in [-0.3, -0.25) is 30.7 Å². The average molecular weight is 2020 g/mol. The number of hydrogen-bond acceptors (Lipinski definition) is 26. The summed E-state index contributed by atoms with van der Waals surface area (Å²) in [5.74, 6) is 3.53. The Morgan fingerprint density at radius 1 is 0.364 bits per heavy atom. The van der Waals surface area contributed by atoms with Gasteiger partial charge in [0.25, 0.3) is 0 Å². The quantitative estimate of drug-likeness (QED) is 0.0172. The van der Waals surface area contributed by atoms with E-state index < -0.39 is 67.0 Å². The number of benzene rings is 8. The van der Waals surface area contributed by atoms with Crippen LogP contribution in [-0.2, 0) is 96.8 Å². The minimum absolute atomic E-state index is 0.146. The molecule has 9 N–H and O–H groups in total. The first-order valence-corrected chi connectivity index (χ1v) is 50.2. The highest BCUT2D eigenvalue weighted by molar-refractivity contribution is 7.88. The SMILES string of the molecule is CN(C)S(=O)(=O)NC(=O)OCc1ccc(-n2nc(C(C)(C)C)cc2NC(=O)Nc2ccc(OCCN3CCOCC3)c3ccccc23)cc1.CN(C)S(=O)(=O)NC(=O)OCc1ccc(-n2nc(C(C)(C)C)cc2NC(=O)Nc2ccc(OCCN3CCOCC3)cc2)cc1.CN(C)S(=O)(=O)NC(=O)OCc1ccc(-n2nc(C(C)(C)C)cc2NC(=O)Nc2ccc(OCCc3ccncc3)c3ccccc23)cc1. The molecule has 4 aromatic heterocycles. The Hall–Kier alpha value is -14.4. The van der Waals surface area contributed by atoms with Crippen LogP contribution in [0.2, 0.25) is 0 Å². The van der Waals surface area contributed by atoms with E-state index in [4.69, 9.17) is 53.2 Å². The van der Waals surface area contributed by atoms with Gasteiger partial charge in [-0.05, 0) is 119 Å². The van der Waals surface area contributed by atoms with Crippen LogP contribution in [0.15, 0.2) is 213 Å². The van der Waals surface area contributed by atoms with Crippen molar-refractivity contribution in [1.82, 2.24) is 71.2 Å². The van der Waals surface area contributed by atoms with E-state index in [9.17, 15) is 54.0 Å². The molecule has 0 aliphatic carbocycles. The van der Waals surface area contributed by atoms with Crippen LogP contribution < -0.4 is 60.3 Å². The van der Waals surface area contributed by atoms with Gasteiger partial charge in [-0.15, -0.1) is 0 Å². The first kappa shape index (κ1) is 107. The van der Waals surface area contributed by atoms with Crippen molar-refractivity contribution in [3.8, 4) is 34.3 Å². The highest BCUT2D eigenvalue weighted by Crippen LogP contribution is 2.37. The smallest absolute Gasteiger partial charge is 0.422 e. The fourth-order valence-corrected chi connectivity index (χ4v) is 15.3. The molecule has 9 amide bonds. The molecule has 41 nitrogen and oxygen atoms in total. The van der Waals surface area contributed by atoms with Gasteiger partial charge in [0.1, 0.15) is 67.7 Å². The van der Waals surface area contributed by atoms with E-state index in [-0.39, 0.29) is 36.1 Å². The highest BCUT2D eigenvalue weighted by Gasteiger charge is 2.29. The summed E-state index contributed by atoms with van der Waals surface area (Å²) >= 11 is 0. The van der Waals surface area contributed by atoms with E-state index in [1.165, 1.54) is 42.3 Å². The Kier molecular flexibility index (Phi) is 36.4. The zero-order chi connectivity index (χ0) is 103.